The second-order valence-electron chi connectivity index (χ2n) is 4.69. The third-order valence-electron chi connectivity index (χ3n) is 3.15. The van der Waals surface area contributed by atoms with Crippen LogP contribution in [0, 0.1) is 0 Å². The first-order chi connectivity index (χ1) is 10.1. The lowest BCUT2D eigenvalue weighted by Gasteiger charge is -2.10. The number of aromatic carboxylic acids is 1. The quantitative estimate of drug-likeness (QED) is 0.875. The van der Waals surface area contributed by atoms with Crippen LogP contribution < -0.4 is 10.1 Å². The van der Waals surface area contributed by atoms with E-state index in [1.54, 1.807) is 6.07 Å². The van der Waals surface area contributed by atoms with Crippen molar-refractivity contribution in [2.24, 2.45) is 0 Å². The third-order valence-corrected chi connectivity index (χ3v) is 4.10. The van der Waals surface area contributed by atoms with Gasteiger partial charge in [0.1, 0.15) is 17.1 Å². The van der Waals surface area contributed by atoms with Crippen molar-refractivity contribution in [2.45, 2.75) is 18.8 Å². The smallest absolute Gasteiger partial charge is 0.339 e. The molecule has 110 valence electrons. The van der Waals surface area contributed by atoms with Gasteiger partial charge >= 0.3 is 5.97 Å². The molecule has 0 aliphatic heterocycles. The van der Waals surface area contributed by atoms with Crippen LogP contribution >= 0.6 is 23.1 Å². The van der Waals surface area contributed by atoms with Crippen LogP contribution in [0.2, 0.25) is 5.02 Å². The molecule has 0 atom stereocenters. The van der Waals surface area contributed by atoms with E-state index in [2.05, 4.69) is 14.7 Å². The van der Waals surface area contributed by atoms with Crippen LogP contribution in [0.3, 0.4) is 0 Å². The lowest BCUT2D eigenvalue weighted by molar-refractivity contribution is 0.0693. The van der Waals surface area contributed by atoms with Crippen molar-refractivity contribution >= 4 is 39.9 Å². The zero-order chi connectivity index (χ0) is 15.0. The van der Waals surface area contributed by atoms with E-state index < -0.39 is 5.97 Å². The maximum atomic E-state index is 11.1. The SMILES string of the molecule is COc1cc(Nc2nc(C3CC3)ns2)c(Cl)cc1C(=O)O. The Balaban J connectivity index is 1.88. The number of rotatable bonds is 5. The fourth-order valence-electron chi connectivity index (χ4n) is 1.89. The highest BCUT2D eigenvalue weighted by Gasteiger charge is 2.28. The molecule has 1 saturated carbocycles. The van der Waals surface area contributed by atoms with Crippen LogP contribution in [0.1, 0.15) is 34.9 Å². The molecule has 0 amide bonds. The lowest BCUT2D eigenvalue weighted by atomic mass is 10.2. The van der Waals surface area contributed by atoms with Gasteiger partial charge in [-0.1, -0.05) is 11.6 Å². The van der Waals surface area contributed by atoms with Crippen molar-refractivity contribution in [2.75, 3.05) is 12.4 Å². The summed E-state index contributed by atoms with van der Waals surface area (Å²) in [6, 6.07) is 2.90. The molecule has 2 N–H and O–H groups in total. The lowest BCUT2D eigenvalue weighted by Crippen LogP contribution is -2.02. The average molecular weight is 326 g/mol. The summed E-state index contributed by atoms with van der Waals surface area (Å²) in [5.74, 6) is 0.484. The van der Waals surface area contributed by atoms with Gasteiger partial charge in [0.25, 0.3) is 0 Å². The molecule has 1 aliphatic carbocycles. The molecule has 1 heterocycles. The van der Waals surface area contributed by atoms with E-state index in [1.807, 2.05) is 0 Å². The maximum absolute atomic E-state index is 11.1. The Kier molecular flexibility index (Phi) is 3.69. The van der Waals surface area contributed by atoms with E-state index in [9.17, 15) is 4.79 Å². The molecule has 1 aromatic heterocycles. The van der Waals surface area contributed by atoms with Gasteiger partial charge in [-0.05, 0) is 18.9 Å². The van der Waals surface area contributed by atoms with Gasteiger partial charge in [-0.2, -0.15) is 4.37 Å². The number of benzene rings is 1. The van der Waals surface area contributed by atoms with Crippen molar-refractivity contribution in [1.29, 1.82) is 0 Å². The number of nitrogens with zero attached hydrogens (tertiary/aromatic N) is 2. The number of carbonyl (C=O) groups is 1. The highest BCUT2D eigenvalue weighted by molar-refractivity contribution is 7.09. The number of carboxylic acid groups (broad SMARTS) is 1. The van der Waals surface area contributed by atoms with Gasteiger partial charge < -0.3 is 15.2 Å². The first-order valence-electron chi connectivity index (χ1n) is 6.30. The third kappa shape index (κ3) is 2.93. The molecule has 1 aromatic carbocycles. The van der Waals surface area contributed by atoms with Gasteiger partial charge in [0.05, 0.1) is 17.8 Å². The monoisotopic (exact) mass is 325 g/mol. The summed E-state index contributed by atoms with van der Waals surface area (Å²) < 4.78 is 9.37. The van der Waals surface area contributed by atoms with Crippen LogP contribution in [0.15, 0.2) is 12.1 Å². The van der Waals surface area contributed by atoms with E-state index in [4.69, 9.17) is 21.4 Å². The number of aromatic nitrogens is 2. The zero-order valence-corrected chi connectivity index (χ0v) is 12.7. The fourth-order valence-corrected chi connectivity index (χ4v) is 2.76. The Labute approximate surface area is 129 Å². The molecular weight excluding hydrogens is 314 g/mol. The number of carboxylic acids is 1. The zero-order valence-electron chi connectivity index (χ0n) is 11.1. The summed E-state index contributed by atoms with van der Waals surface area (Å²) in [5, 5.41) is 13.1. The molecule has 8 heteroatoms. The minimum absolute atomic E-state index is 0.0176. The first kappa shape index (κ1) is 14.1. The molecule has 0 radical (unpaired) electrons. The van der Waals surface area contributed by atoms with Crippen LogP contribution in [0.25, 0.3) is 0 Å². The van der Waals surface area contributed by atoms with Crippen molar-refractivity contribution in [3.8, 4) is 5.75 Å². The topological polar surface area (TPSA) is 84.3 Å². The number of ether oxygens (including phenoxy) is 1. The summed E-state index contributed by atoms with van der Waals surface area (Å²) in [6.45, 7) is 0. The molecule has 21 heavy (non-hydrogen) atoms. The molecule has 1 fully saturated rings. The van der Waals surface area contributed by atoms with Crippen LogP contribution in [0.5, 0.6) is 5.75 Å². The summed E-state index contributed by atoms with van der Waals surface area (Å²) in [4.78, 5) is 15.5. The molecule has 1 aliphatic rings. The van der Waals surface area contributed by atoms with Crippen molar-refractivity contribution in [1.82, 2.24) is 9.36 Å². The Morgan fingerprint density at radius 2 is 2.29 bits per heavy atom. The molecule has 2 aromatic rings. The standard InChI is InChI=1S/C13H12ClN3O3S/c1-20-10-5-9(8(14)4-7(10)12(18)19)15-13-16-11(17-21-13)6-2-3-6/h4-6H,2-3H2,1H3,(H,18,19)(H,15,16,17). The Hall–Kier alpha value is -1.86. The number of hydrogen-bond acceptors (Lipinski definition) is 6. The largest absolute Gasteiger partial charge is 0.496 e. The Bertz CT molecular complexity index is 700. The molecule has 0 spiro atoms. The van der Waals surface area contributed by atoms with E-state index >= 15 is 0 Å². The van der Waals surface area contributed by atoms with Crippen LogP contribution in [-0.4, -0.2) is 27.5 Å². The number of anilines is 2. The van der Waals surface area contributed by atoms with Gasteiger partial charge in [0.15, 0.2) is 0 Å². The second kappa shape index (κ2) is 5.50. The molecular formula is C13H12ClN3O3S. The van der Waals surface area contributed by atoms with Crippen molar-refractivity contribution < 1.29 is 14.6 Å². The predicted octanol–water partition coefficient (Wildman–Crippen LogP) is 3.52. The molecule has 0 saturated heterocycles. The maximum Gasteiger partial charge on any atom is 0.339 e. The normalized spacial score (nSPS) is 14.0. The van der Waals surface area contributed by atoms with Crippen LogP contribution in [-0.2, 0) is 0 Å². The number of nitrogens with one attached hydrogen (secondary N) is 1. The highest BCUT2D eigenvalue weighted by atomic mass is 35.5. The Morgan fingerprint density at radius 1 is 1.52 bits per heavy atom. The summed E-state index contributed by atoms with van der Waals surface area (Å²) in [5.41, 5.74) is 0.556. The van der Waals surface area contributed by atoms with Crippen molar-refractivity contribution in [3.63, 3.8) is 0 Å². The average Bonchev–Trinajstić information content (AvgIpc) is 3.21. The minimum Gasteiger partial charge on any atom is -0.496 e. The molecule has 6 nitrogen and oxygen atoms in total. The van der Waals surface area contributed by atoms with Gasteiger partial charge in [-0.25, -0.2) is 9.78 Å². The van der Waals surface area contributed by atoms with Crippen molar-refractivity contribution in [3.05, 3.63) is 28.5 Å². The van der Waals surface area contributed by atoms with Gasteiger partial charge in [-0.3, -0.25) is 0 Å². The van der Waals surface area contributed by atoms with E-state index in [0.717, 1.165) is 18.7 Å². The number of methoxy groups -OCH3 is 1. The summed E-state index contributed by atoms with van der Waals surface area (Å²) >= 11 is 7.37. The van der Waals surface area contributed by atoms with E-state index in [0.29, 0.717) is 16.7 Å². The minimum atomic E-state index is -1.09. The van der Waals surface area contributed by atoms with Crippen LogP contribution in [0.4, 0.5) is 10.8 Å². The summed E-state index contributed by atoms with van der Waals surface area (Å²) in [7, 11) is 1.41. The molecule has 3 rings (SSSR count). The molecule has 0 bridgehead atoms. The van der Waals surface area contributed by atoms with E-state index in [-0.39, 0.29) is 16.3 Å². The molecule has 0 unspecified atom stereocenters. The highest BCUT2D eigenvalue weighted by Crippen LogP contribution is 2.40. The van der Waals surface area contributed by atoms with E-state index in [1.165, 1.54) is 24.7 Å². The van der Waals surface area contributed by atoms with Gasteiger partial charge in [0, 0.05) is 23.5 Å². The second-order valence-corrected chi connectivity index (χ2v) is 5.85. The summed E-state index contributed by atoms with van der Waals surface area (Å²) in [6.07, 6.45) is 2.27. The predicted molar refractivity (Wildman–Crippen MR) is 80.1 cm³/mol. The van der Waals surface area contributed by atoms with Gasteiger partial charge in [0.2, 0.25) is 5.13 Å². The first-order valence-corrected chi connectivity index (χ1v) is 7.45. The number of hydrogen-bond donors (Lipinski definition) is 2. The fraction of sp³-hybridized carbons (Fsp3) is 0.308. The van der Waals surface area contributed by atoms with Gasteiger partial charge in [-0.15, -0.1) is 0 Å². The Morgan fingerprint density at radius 3 is 2.90 bits per heavy atom. The number of halogens is 1.